The largest absolute Gasteiger partial charge is 0.378 e. The third kappa shape index (κ3) is 4.35. The highest BCUT2D eigenvalue weighted by atomic mass is 19.1. The lowest BCUT2D eigenvalue weighted by Gasteiger charge is -2.33. The highest BCUT2D eigenvalue weighted by Crippen LogP contribution is 2.29. The van der Waals surface area contributed by atoms with Crippen molar-refractivity contribution in [1.82, 2.24) is 9.88 Å². The molecule has 30 heavy (non-hydrogen) atoms. The van der Waals surface area contributed by atoms with Crippen LogP contribution in [0.4, 0.5) is 10.1 Å². The Morgan fingerprint density at radius 1 is 1.07 bits per heavy atom. The number of carbonyl (C=O) groups is 1. The Labute approximate surface area is 177 Å². The summed E-state index contributed by atoms with van der Waals surface area (Å²) in [5.74, 6) is 0.00731. The second-order valence-electron chi connectivity index (χ2n) is 7.99. The predicted molar refractivity (Wildman–Crippen MR) is 118 cm³/mol. The fraction of sp³-hybridized carbons (Fsp3) is 0.280. The van der Waals surface area contributed by atoms with E-state index in [1.54, 1.807) is 12.1 Å². The van der Waals surface area contributed by atoms with Crippen LogP contribution in [0.25, 0.3) is 11.3 Å². The topological polar surface area (TPSA) is 36.4 Å². The van der Waals surface area contributed by atoms with Crippen LogP contribution in [0.1, 0.15) is 34.8 Å². The lowest BCUT2D eigenvalue weighted by Crippen LogP contribution is -2.39. The highest BCUT2D eigenvalue weighted by molar-refractivity contribution is 5.95. The van der Waals surface area contributed by atoms with Crippen LogP contribution < -0.4 is 4.90 Å². The fourth-order valence-electron chi connectivity index (χ4n) is 3.96. The van der Waals surface area contributed by atoms with Gasteiger partial charge < -0.3 is 9.80 Å². The molecule has 0 saturated carbocycles. The Balaban J connectivity index is 1.53. The molecule has 2 aromatic carbocycles. The van der Waals surface area contributed by atoms with Crippen molar-refractivity contribution in [3.05, 3.63) is 83.8 Å². The SMILES string of the molecule is CN(C)c1cccc(C(=O)N2CCC[C@H](c3cccc(-c4ccc(F)cc4)n3)C2)c1. The van der Waals surface area contributed by atoms with E-state index in [9.17, 15) is 9.18 Å². The van der Waals surface area contributed by atoms with Crippen molar-refractivity contribution in [3.63, 3.8) is 0 Å². The molecule has 3 aromatic rings. The number of halogens is 1. The van der Waals surface area contributed by atoms with Gasteiger partial charge in [-0.25, -0.2) is 4.39 Å². The van der Waals surface area contributed by atoms with E-state index >= 15 is 0 Å². The number of anilines is 1. The Hall–Kier alpha value is -3.21. The van der Waals surface area contributed by atoms with Crippen LogP contribution in [-0.2, 0) is 0 Å². The van der Waals surface area contributed by atoms with E-state index in [1.165, 1.54) is 12.1 Å². The average Bonchev–Trinajstić information content (AvgIpc) is 2.79. The smallest absolute Gasteiger partial charge is 0.253 e. The fourth-order valence-corrected chi connectivity index (χ4v) is 3.96. The van der Waals surface area contributed by atoms with Gasteiger partial charge in [0, 0.05) is 55.6 Å². The van der Waals surface area contributed by atoms with Crippen LogP contribution in [0.2, 0.25) is 0 Å². The van der Waals surface area contributed by atoms with Crippen LogP contribution in [0.15, 0.2) is 66.7 Å². The van der Waals surface area contributed by atoms with E-state index in [2.05, 4.69) is 0 Å². The van der Waals surface area contributed by atoms with E-state index in [1.807, 2.05) is 66.4 Å². The summed E-state index contributed by atoms with van der Waals surface area (Å²) in [6.45, 7) is 1.42. The number of piperidine rings is 1. The summed E-state index contributed by atoms with van der Waals surface area (Å²) in [5.41, 5.74) is 4.44. The van der Waals surface area contributed by atoms with Crippen LogP contribution in [0.3, 0.4) is 0 Å². The molecule has 4 nitrogen and oxygen atoms in total. The number of amides is 1. The monoisotopic (exact) mass is 403 g/mol. The zero-order chi connectivity index (χ0) is 21.1. The first-order valence-corrected chi connectivity index (χ1v) is 10.3. The zero-order valence-electron chi connectivity index (χ0n) is 17.4. The van der Waals surface area contributed by atoms with Crippen molar-refractivity contribution >= 4 is 11.6 Å². The summed E-state index contributed by atoms with van der Waals surface area (Å²) in [7, 11) is 3.95. The molecule has 2 heterocycles. The van der Waals surface area contributed by atoms with Crippen molar-refractivity contribution in [3.8, 4) is 11.3 Å². The van der Waals surface area contributed by atoms with Crippen LogP contribution in [-0.4, -0.2) is 43.0 Å². The minimum atomic E-state index is -0.255. The third-order valence-corrected chi connectivity index (χ3v) is 5.65. The molecule has 1 amide bonds. The van der Waals surface area contributed by atoms with Gasteiger partial charge in [-0.15, -0.1) is 0 Å². The lowest BCUT2D eigenvalue weighted by molar-refractivity contribution is 0.0706. The number of hydrogen-bond acceptors (Lipinski definition) is 3. The lowest BCUT2D eigenvalue weighted by atomic mass is 9.93. The summed E-state index contributed by atoms with van der Waals surface area (Å²) in [4.78, 5) is 21.9. The van der Waals surface area contributed by atoms with Gasteiger partial charge in [0.25, 0.3) is 5.91 Å². The minimum absolute atomic E-state index is 0.0677. The molecule has 1 atom stereocenters. The Kier molecular flexibility index (Phi) is 5.79. The van der Waals surface area contributed by atoms with Crippen molar-refractivity contribution in [2.75, 3.05) is 32.1 Å². The molecule has 1 aromatic heterocycles. The van der Waals surface area contributed by atoms with Crippen molar-refractivity contribution < 1.29 is 9.18 Å². The van der Waals surface area contributed by atoms with Gasteiger partial charge in [-0.2, -0.15) is 0 Å². The van der Waals surface area contributed by atoms with E-state index in [-0.39, 0.29) is 17.6 Å². The summed E-state index contributed by atoms with van der Waals surface area (Å²) < 4.78 is 13.2. The van der Waals surface area contributed by atoms with Gasteiger partial charge >= 0.3 is 0 Å². The Morgan fingerprint density at radius 3 is 2.60 bits per heavy atom. The number of nitrogens with zero attached hydrogens (tertiary/aromatic N) is 3. The molecule has 0 spiro atoms. The minimum Gasteiger partial charge on any atom is -0.378 e. The van der Waals surface area contributed by atoms with E-state index in [4.69, 9.17) is 4.98 Å². The summed E-state index contributed by atoms with van der Waals surface area (Å²) in [6.07, 6.45) is 1.95. The number of likely N-dealkylation sites (tertiary alicyclic amines) is 1. The van der Waals surface area contributed by atoms with Gasteiger partial charge in [0.05, 0.1) is 5.69 Å². The number of benzene rings is 2. The van der Waals surface area contributed by atoms with Gasteiger partial charge in [0.2, 0.25) is 0 Å². The number of hydrogen-bond donors (Lipinski definition) is 0. The molecule has 1 fully saturated rings. The number of rotatable bonds is 4. The van der Waals surface area contributed by atoms with E-state index < -0.39 is 0 Å². The van der Waals surface area contributed by atoms with Gasteiger partial charge in [-0.1, -0.05) is 12.1 Å². The van der Waals surface area contributed by atoms with Crippen LogP contribution >= 0.6 is 0 Å². The number of aromatic nitrogens is 1. The molecule has 5 heteroatoms. The first kappa shape index (κ1) is 20.1. The molecule has 1 saturated heterocycles. The quantitative estimate of drug-likeness (QED) is 0.617. The van der Waals surface area contributed by atoms with Gasteiger partial charge in [-0.3, -0.25) is 9.78 Å². The average molecular weight is 404 g/mol. The van der Waals surface area contributed by atoms with Gasteiger partial charge in [0.1, 0.15) is 5.82 Å². The Morgan fingerprint density at radius 2 is 1.83 bits per heavy atom. The standard InChI is InChI=1S/C25H26FN3O/c1-28(2)22-8-3-6-19(16-22)25(30)29-15-5-7-20(17-29)24-10-4-9-23(27-24)18-11-13-21(26)14-12-18/h3-4,6,8-14,16,20H,5,7,15,17H2,1-2H3/t20-/m0/s1. The normalized spacial score (nSPS) is 16.4. The number of carbonyl (C=O) groups excluding carboxylic acids is 1. The molecule has 1 aliphatic heterocycles. The maximum absolute atomic E-state index is 13.2. The molecule has 0 bridgehead atoms. The molecule has 0 aliphatic carbocycles. The van der Waals surface area contributed by atoms with Gasteiger partial charge in [-0.05, 0) is 67.4 Å². The van der Waals surface area contributed by atoms with Gasteiger partial charge in [0.15, 0.2) is 0 Å². The zero-order valence-corrected chi connectivity index (χ0v) is 17.4. The first-order chi connectivity index (χ1) is 14.5. The van der Waals surface area contributed by atoms with Crippen LogP contribution in [0.5, 0.6) is 0 Å². The molecule has 1 aliphatic rings. The molecule has 4 rings (SSSR count). The van der Waals surface area contributed by atoms with Crippen molar-refractivity contribution in [2.45, 2.75) is 18.8 Å². The third-order valence-electron chi connectivity index (χ3n) is 5.65. The molecular weight excluding hydrogens is 377 g/mol. The Bertz CT molecular complexity index is 1030. The van der Waals surface area contributed by atoms with Crippen LogP contribution in [0, 0.1) is 5.82 Å². The predicted octanol–water partition coefficient (Wildman–Crippen LogP) is 4.97. The molecule has 0 unspecified atom stereocenters. The summed E-state index contributed by atoms with van der Waals surface area (Å²) in [5, 5.41) is 0. The number of pyridine rings is 1. The van der Waals surface area contributed by atoms with Crippen molar-refractivity contribution in [2.24, 2.45) is 0 Å². The van der Waals surface area contributed by atoms with Crippen molar-refractivity contribution in [1.29, 1.82) is 0 Å². The maximum Gasteiger partial charge on any atom is 0.253 e. The molecule has 0 radical (unpaired) electrons. The maximum atomic E-state index is 13.2. The highest BCUT2D eigenvalue weighted by Gasteiger charge is 2.26. The summed E-state index contributed by atoms with van der Waals surface area (Å²) >= 11 is 0. The second-order valence-corrected chi connectivity index (χ2v) is 7.99. The first-order valence-electron chi connectivity index (χ1n) is 10.3. The second kappa shape index (κ2) is 8.66. The summed E-state index contributed by atoms with van der Waals surface area (Å²) in [6, 6.07) is 20.1. The molecule has 0 N–H and O–H groups in total. The van der Waals surface area contributed by atoms with E-state index in [0.717, 1.165) is 47.6 Å². The molecular formula is C25H26FN3O. The van der Waals surface area contributed by atoms with E-state index in [0.29, 0.717) is 6.54 Å². The molecule has 154 valence electrons.